The highest BCUT2D eigenvalue weighted by Crippen LogP contribution is 2.31. The van der Waals surface area contributed by atoms with E-state index in [0.717, 1.165) is 22.5 Å². The molecule has 0 aliphatic heterocycles. The summed E-state index contributed by atoms with van der Waals surface area (Å²) < 4.78 is 45.0. The number of hydrazone groups is 1. The summed E-state index contributed by atoms with van der Waals surface area (Å²) in [5, 5.41) is 4.53. The van der Waals surface area contributed by atoms with Crippen LogP contribution in [0.1, 0.15) is 38.4 Å². The Hall–Kier alpha value is -4.73. The number of aromatic nitrogens is 1. The Kier molecular flexibility index (Phi) is 8.98. The molecule has 44 heavy (non-hydrogen) atoms. The molecule has 0 spiro atoms. The summed E-state index contributed by atoms with van der Waals surface area (Å²) in [4.78, 5) is 13.0. The SMILES string of the molecule is Cc1ccc(Cl)cc1N(Cc1ccc(C(=O)N/N=C\c2cc(C)n(-c3ccccc3F)c2C)cc1)S(=O)(=O)c1ccccc1. The van der Waals surface area contributed by atoms with Gasteiger partial charge in [0, 0.05) is 27.5 Å². The van der Waals surface area contributed by atoms with Crippen LogP contribution in [0.5, 0.6) is 0 Å². The molecule has 5 aromatic rings. The number of nitrogens with one attached hydrogen (secondary N) is 1. The molecule has 1 heterocycles. The van der Waals surface area contributed by atoms with Crippen LogP contribution in [0.15, 0.2) is 113 Å². The van der Waals surface area contributed by atoms with E-state index in [1.54, 1.807) is 95.6 Å². The first kappa shape index (κ1) is 30.7. The standard InChI is InChI=1S/C34H30ClFN4O3S/c1-23-13-18-29(35)20-33(23)39(44(42,43)30-9-5-4-6-10-30)22-26-14-16-27(17-15-26)34(41)38-37-21-28-19-24(2)40(25(28)3)32-12-8-7-11-31(32)36/h4-21H,22H2,1-3H3,(H,38,41)/b37-21-. The number of halogens is 2. The van der Waals surface area contributed by atoms with Crippen LogP contribution in [0, 0.1) is 26.6 Å². The zero-order chi connectivity index (χ0) is 31.4. The minimum absolute atomic E-state index is 0.0239. The van der Waals surface area contributed by atoms with E-state index in [9.17, 15) is 17.6 Å². The molecule has 1 aromatic heterocycles. The second-order valence-electron chi connectivity index (χ2n) is 10.3. The number of carbonyl (C=O) groups excluding carboxylic acids is 1. The molecule has 5 rings (SSSR count). The number of para-hydroxylation sites is 1. The third-order valence-electron chi connectivity index (χ3n) is 7.25. The fourth-order valence-corrected chi connectivity index (χ4v) is 6.64. The molecular weight excluding hydrogens is 599 g/mol. The summed E-state index contributed by atoms with van der Waals surface area (Å²) in [5.41, 5.74) is 7.53. The van der Waals surface area contributed by atoms with Gasteiger partial charge in [0.1, 0.15) is 5.82 Å². The van der Waals surface area contributed by atoms with E-state index in [-0.39, 0.29) is 17.3 Å². The van der Waals surface area contributed by atoms with Crippen molar-refractivity contribution in [1.29, 1.82) is 0 Å². The number of benzene rings is 4. The molecule has 1 amide bonds. The van der Waals surface area contributed by atoms with Gasteiger partial charge in [-0.1, -0.05) is 60.1 Å². The third kappa shape index (κ3) is 6.44. The van der Waals surface area contributed by atoms with Gasteiger partial charge < -0.3 is 4.57 Å². The number of aryl methyl sites for hydroxylation is 2. The highest BCUT2D eigenvalue weighted by molar-refractivity contribution is 7.92. The second-order valence-corrected chi connectivity index (χ2v) is 12.6. The van der Waals surface area contributed by atoms with Crippen LogP contribution in [0.25, 0.3) is 5.69 Å². The molecule has 0 radical (unpaired) electrons. The quantitative estimate of drug-likeness (QED) is 0.137. The Morgan fingerprint density at radius 1 is 0.932 bits per heavy atom. The zero-order valence-corrected chi connectivity index (χ0v) is 25.9. The Bertz CT molecular complexity index is 1960. The second kappa shape index (κ2) is 12.9. The van der Waals surface area contributed by atoms with Crippen molar-refractivity contribution in [3.63, 3.8) is 0 Å². The predicted octanol–water partition coefficient (Wildman–Crippen LogP) is 7.35. The van der Waals surface area contributed by atoms with Crippen molar-refractivity contribution in [2.24, 2.45) is 5.10 Å². The van der Waals surface area contributed by atoms with E-state index in [1.165, 1.54) is 16.6 Å². The van der Waals surface area contributed by atoms with E-state index in [2.05, 4.69) is 10.5 Å². The fourth-order valence-electron chi connectivity index (χ4n) is 4.95. The number of sulfonamides is 1. The average molecular weight is 629 g/mol. The predicted molar refractivity (Wildman–Crippen MR) is 173 cm³/mol. The Balaban J connectivity index is 1.33. The fraction of sp³-hybridized carbons (Fsp3) is 0.118. The molecule has 0 atom stereocenters. The van der Waals surface area contributed by atoms with Crippen molar-refractivity contribution in [3.05, 3.63) is 148 Å². The maximum Gasteiger partial charge on any atom is 0.271 e. The minimum atomic E-state index is -3.93. The first-order chi connectivity index (χ1) is 21.1. The van der Waals surface area contributed by atoms with Crippen LogP contribution in [-0.2, 0) is 16.6 Å². The highest BCUT2D eigenvalue weighted by atomic mass is 35.5. The third-order valence-corrected chi connectivity index (χ3v) is 9.26. The molecule has 1 N–H and O–H groups in total. The van der Waals surface area contributed by atoms with Gasteiger partial charge in [-0.05, 0) is 86.5 Å². The van der Waals surface area contributed by atoms with Crippen LogP contribution >= 0.6 is 11.6 Å². The van der Waals surface area contributed by atoms with Gasteiger partial charge in [-0.25, -0.2) is 18.2 Å². The lowest BCUT2D eigenvalue weighted by molar-refractivity contribution is 0.0955. The molecule has 224 valence electrons. The topological polar surface area (TPSA) is 83.8 Å². The van der Waals surface area contributed by atoms with Crippen LogP contribution < -0.4 is 9.73 Å². The molecule has 4 aromatic carbocycles. The molecule has 7 nitrogen and oxygen atoms in total. The van der Waals surface area contributed by atoms with Crippen molar-refractivity contribution in [1.82, 2.24) is 9.99 Å². The van der Waals surface area contributed by atoms with Gasteiger partial charge in [0.05, 0.1) is 29.0 Å². The van der Waals surface area contributed by atoms with E-state index >= 15 is 0 Å². The number of anilines is 1. The molecule has 10 heteroatoms. The van der Waals surface area contributed by atoms with Gasteiger partial charge in [0.15, 0.2) is 0 Å². The van der Waals surface area contributed by atoms with Crippen molar-refractivity contribution in [2.45, 2.75) is 32.2 Å². The molecule has 0 saturated carbocycles. The number of rotatable bonds is 9. The Labute approximate surface area is 261 Å². The monoisotopic (exact) mass is 628 g/mol. The van der Waals surface area contributed by atoms with Crippen molar-refractivity contribution in [2.75, 3.05) is 4.31 Å². The largest absolute Gasteiger partial charge is 0.315 e. The summed E-state index contributed by atoms with van der Waals surface area (Å²) in [6.45, 7) is 5.57. The maximum absolute atomic E-state index is 14.4. The normalized spacial score (nSPS) is 11.6. The molecule has 0 unspecified atom stereocenters. The highest BCUT2D eigenvalue weighted by Gasteiger charge is 2.26. The molecule has 0 aliphatic rings. The minimum Gasteiger partial charge on any atom is -0.315 e. The summed E-state index contributed by atoms with van der Waals surface area (Å²) in [5.74, 6) is -0.770. The van der Waals surface area contributed by atoms with E-state index < -0.39 is 15.9 Å². The van der Waals surface area contributed by atoms with Gasteiger partial charge in [0.25, 0.3) is 15.9 Å². The molecule has 0 saturated heterocycles. The van der Waals surface area contributed by atoms with Crippen LogP contribution in [0.4, 0.5) is 10.1 Å². The number of nitrogens with zero attached hydrogens (tertiary/aromatic N) is 3. The van der Waals surface area contributed by atoms with Gasteiger partial charge >= 0.3 is 0 Å². The zero-order valence-electron chi connectivity index (χ0n) is 24.3. The summed E-state index contributed by atoms with van der Waals surface area (Å²) >= 11 is 6.25. The molecule has 0 aliphatic carbocycles. The van der Waals surface area contributed by atoms with E-state index in [1.807, 2.05) is 26.8 Å². The van der Waals surface area contributed by atoms with Crippen LogP contribution in [0.2, 0.25) is 5.02 Å². The number of amides is 1. The maximum atomic E-state index is 14.4. The first-order valence-electron chi connectivity index (χ1n) is 13.8. The van der Waals surface area contributed by atoms with Crippen molar-refractivity contribution in [3.8, 4) is 5.69 Å². The molecule has 0 fully saturated rings. The first-order valence-corrected chi connectivity index (χ1v) is 15.6. The van der Waals surface area contributed by atoms with Gasteiger partial charge in [-0.2, -0.15) is 5.10 Å². The van der Waals surface area contributed by atoms with Crippen LogP contribution in [-0.4, -0.2) is 25.1 Å². The molecular formula is C34H30ClFN4O3S. The summed E-state index contributed by atoms with van der Waals surface area (Å²) in [6, 6.07) is 28.3. The smallest absolute Gasteiger partial charge is 0.271 e. The molecule has 0 bridgehead atoms. The number of hydrogen-bond acceptors (Lipinski definition) is 4. The Morgan fingerprint density at radius 2 is 1.61 bits per heavy atom. The van der Waals surface area contributed by atoms with Gasteiger partial charge in [-0.3, -0.25) is 9.10 Å². The summed E-state index contributed by atoms with van der Waals surface area (Å²) in [7, 11) is -3.93. The lowest BCUT2D eigenvalue weighted by Crippen LogP contribution is -2.31. The van der Waals surface area contributed by atoms with Gasteiger partial charge in [-0.15, -0.1) is 0 Å². The van der Waals surface area contributed by atoms with Gasteiger partial charge in [0.2, 0.25) is 0 Å². The number of hydrogen-bond donors (Lipinski definition) is 1. The lowest BCUT2D eigenvalue weighted by atomic mass is 10.1. The van der Waals surface area contributed by atoms with Crippen molar-refractivity contribution >= 4 is 39.4 Å². The van der Waals surface area contributed by atoms with Crippen LogP contribution in [0.3, 0.4) is 0 Å². The average Bonchev–Trinajstić information content (AvgIpc) is 3.30. The lowest BCUT2D eigenvalue weighted by Gasteiger charge is -2.26. The summed E-state index contributed by atoms with van der Waals surface area (Å²) in [6.07, 6.45) is 1.52. The van der Waals surface area contributed by atoms with E-state index in [4.69, 9.17) is 11.6 Å². The number of carbonyl (C=O) groups is 1. The van der Waals surface area contributed by atoms with Crippen molar-refractivity contribution < 1.29 is 17.6 Å². The van der Waals surface area contributed by atoms with E-state index in [0.29, 0.717) is 27.5 Å². The Morgan fingerprint density at radius 3 is 2.32 bits per heavy atom.